The first-order valence-electron chi connectivity index (χ1n) is 7.96. The Balaban J connectivity index is 1.61. The van der Waals surface area contributed by atoms with Crippen LogP contribution in [-0.4, -0.2) is 50.3 Å². The Bertz CT molecular complexity index is 691. The Labute approximate surface area is 135 Å². The van der Waals surface area contributed by atoms with Crippen LogP contribution in [0.3, 0.4) is 0 Å². The van der Waals surface area contributed by atoms with Crippen molar-refractivity contribution >= 4 is 17.6 Å². The molecule has 2 aromatic rings. The zero-order chi connectivity index (χ0) is 16.4. The first-order chi connectivity index (χ1) is 10.9. The minimum Gasteiger partial charge on any atom is -0.444 e. The van der Waals surface area contributed by atoms with E-state index in [2.05, 4.69) is 15.4 Å². The Kier molecular flexibility index (Phi) is 4.11. The van der Waals surface area contributed by atoms with Crippen LogP contribution < -0.4 is 5.32 Å². The van der Waals surface area contributed by atoms with Gasteiger partial charge in [-0.15, -0.1) is 0 Å². The number of likely N-dealkylation sites (tertiary alicyclic amines) is 1. The van der Waals surface area contributed by atoms with Crippen molar-refractivity contribution in [2.45, 2.75) is 45.3 Å². The lowest BCUT2D eigenvalue weighted by Crippen LogP contribution is -2.42. The summed E-state index contributed by atoms with van der Waals surface area (Å²) >= 11 is 0. The van der Waals surface area contributed by atoms with Crippen LogP contribution in [0.25, 0.3) is 5.65 Å². The van der Waals surface area contributed by atoms with Gasteiger partial charge in [0.1, 0.15) is 11.4 Å². The van der Waals surface area contributed by atoms with E-state index in [4.69, 9.17) is 4.74 Å². The Morgan fingerprint density at radius 1 is 1.43 bits per heavy atom. The summed E-state index contributed by atoms with van der Waals surface area (Å²) in [4.78, 5) is 18.6. The predicted octanol–water partition coefficient (Wildman–Crippen LogP) is 2.54. The van der Waals surface area contributed by atoms with Crippen molar-refractivity contribution in [1.29, 1.82) is 0 Å². The van der Waals surface area contributed by atoms with E-state index in [1.54, 1.807) is 10.7 Å². The normalized spacial score (nSPS) is 18.4. The van der Waals surface area contributed by atoms with E-state index in [-0.39, 0.29) is 12.1 Å². The summed E-state index contributed by atoms with van der Waals surface area (Å²) in [6, 6.07) is 3.87. The average molecular weight is 317 g/mol. The van der Waals surface area contributed by atoms with Gasteiger partial charge in [-0.2, -0.15) is 5.10 Å². The van der Waals surface area contributed by atoms with Crippen LogP contribution in [0.5, 0.6) is 0 Å². The first-order valence-corrected chi connectivity index (χ1v) is 7.96. The summed E-state index contributed by atoms with van der Waals surface area (Å²) < 4.78 is 7.20. The third-order valence-electron chi connectivity index (χ3n) is 3.78. The molecule has 1 aliphatic heterocycles. The monoisotopic (exact) mass is 317 g/mol. The molecule has 0 aliphatic carbocycles. The van der Waals surface area contributed by atoms with E-state index in [1.807, 2.05) is 44.0 Å². The van der Waals surface area contributed by atoms with E-state index < -0.39 is 5.60 Å². The number of hydrogen-bond acceptors (Lipinski definition) is 5. The first kappa shape index (κ1) is 15.6. The molecular weight excluding hydrogens is 294 g/mol. The summed E-state index contributed by atoms with van der Waals surface area (Å²) in [7, 11) is 0. The van der Waals surface area contributed by atoms with Crippen molar-refractivity contribution in [2.75, 3.05) is 18.4 Å². The molecule has 7 heteroatoms. The molecule has 124 valence electrons. The number of ether oxygens (including phenoxy) is 1. The number of aromatic nitrogens is 3. The smallest absolute Gasteiger partial charge is 0.410 e. The number of fused-ring (bicyclic) bond motifs is 1. The van der Waals surface area contributed by atoms with Crippen LogP contribution in [0, 0.1) is 0 Å². The molecule has 1 N–H and O–H groups in total. The molecule has 0 spiro atoms. The lowest BCUT2D eigenvalue weighted by atomic mass is 10.2. The summed E-state index contributed by atoms with van der Waals surface area (Å²) in [5, 5.41) is 7.44. The lowest BCUT2D eigenvalue weighted by Gasteiger charge is -2.28. The van der Waals surface area contributed by atoms with Gasteiger partial charge in [0.05, 0.1) is 12.2 Å². The Morgan fingerprint density at radius 3 is 3.04 bits per heavy atom. The van der Waals surface area contributed by atoms with E-state index in [0.717, 1.165) is 30.9 Å². The molecule has 3 rings (SSSR count). The quantitative estimate of drug-likeness (QED) is 0.942. The zero-order valence-corrected chi connectivity index (χ0v) is 13.8. The van der Waals surface area contributed by atoms with Gasteiger partial charge >= 0.3 is 6.09 Å². The third kappa shape index (κ3) is 3.72. The van der Waals surface area contributed by atoms with Crippen LogP contribution >= 0.6 is 0 Å². The minimum atomic E-state index is -0.466. The van der Waals surface area contributed by atoms with E-state index in [0.29, 0.717) is 6.54 Å². The summed E-state index contributed by atoms with van der Waals surface area (Å²) in [6.45, 7) is 7.07. The second-order valence-corrected chi connectivity index (χ2v) is 6.80. The molecule has 1 amide bonds. The van der Waals surface area contributed by atoms with Crippen molar-refractivity contribution in [1.82, 2.24) is 19.5 Å². The molecule has 3 heterocycles. The number of carbonyl (C=O) groups is 1. The number of anilines is 1. The summed E-state index contributed by atoms with van der Waals surface area (Å²) in [5.74, 6) is 0.786. The standard InChI is InChI=1S/C16H23N5O2/c1-16(2,3)23-15(22)20-9-4-5-12(20)11-17-13-7-10-21-14(19-13)6-8-18-21/h6-8,10,12H,4-5,9,11H2,1-3H3,(H,17,19)/t12-/m0/s1. The highest BCUT2D eigenvalue weighted by molar-refractivity contribution is 5.69. The van der Waals surface area contributed by atoms with Crippen LogP contribution in [0.2, 0.25) is 0 Å². The van der Waals surface area contributed by atoms with E-state index in [1.165, 1.54) is 0 Å². The van der Waals surface area contributed by atoms with Crippen molar-refractivity contribution in [2.24, 2.45) is 0 Å². The van der Waals surface area contributed by atoms with E-state index >= 15 is 0 Å². The van der Waals surface area contributed by atoms with Gasteiger partial charge in [-0.05, 0) is 39.7 Å². The van der Waals surface area contributed by atoms with Crippen molar-refractivity contribution < 1.29 is 9.53 Å². The molecule has 0 bridgehead atoms. The average Bonchev–Trinajstić information content (AvgIpc) is 3.11. The van der Waals surface area contributed by atoms with Crippen molar-refractivity contribution in [3.05, 3.63) is 24.5 Å². The number of amides is 1. The summed E-state index contributed by atoms with van der Waals surface area (Å²) in [5.41, 5.74) is 0.331. The largest absolute Gasteiger partial charge is 0.444 e. The van der Waals surface area contributed by atoms with Crippen LogP contribution in [0.15, 0.2) is 24.5 Å². The minimum absolute atomic E-state index is 0.132. The molecular formula is C16H23N5O2. The van der Waals surface area contributed by atoms with Gasteiger partial charge in [0.25, 0.3) is 0 Å². The molecule has 1 atom stereocenters. The zero-order valence-electron chi connectivity index (χ0n) is 13.8. The maximum Gasteiger partial charge on any atom is 0.410 e. The number of carbonyl (C=O) groups excluding carboxylic acids is 1. The van der Waals surface area contributed by atoms with Gasteiger partial charge in [0.2, 0.25) is 0 Å². The molecule has 1 fully saturated rings. The number of nitrogens with zero attached hydrogens (tertiary/aromatic N) is 4. The van der Waals surface area contributed by atoms with Gasteiger partial charge in [-0.1, -0.05) is 0 Å². The highest BCUT2D eigenvalue weighted by Crippen LogP contribution is 2.21. The molecule has 0 aromatic carbocycles. The second kappa shape index (κ2) is 6.06. The molecule has 2 aromatic heterocycles. The fourth-order valence-corrected chi connectivity index (χ4v) is 2.74. The maximum atomic E-state index is 12.3. The lowest BCUT2D eigenvalue weighted by molar-refractivity contribution is 0.0235. The highest BCUT2D eigenvalue weighted by atomic mass is 16.6. The SMILES string of the molecule is CC(C)(C)OC(=O)N1CCC[C@H]1CNc1ccn2nccc2n1. The maximum absolute atomic E-state index is 12.3. The van der Waals surface area contributed by atoms with Crippen LogP contribution in [0.1, 0.15) is 33.6 Å². The fourth-order valence-electron chi connectivity index (χ4n) is 2.74. The van der Waals surface area contributed by atoms with Gasteiger partial charge < -0.3 is 15.0 Å². The van der Waals surface area contributed by atoms with E-state index in [9.17, 15) is 4.79 Å². The Hall–Kier alpha value is -2.31. The number of rotatable bonds is 3. The van der Waals surface area contributed by atoms with Gasteiger partial charge in [-0.3, -0.25) is 0 Å². The van der Waals surface area contributed by atoms with Gasteiger partial charge in [0.15, 0.2) is 5.65 Å². The fraction of sp³-hybridized carbons (Fsp3) is 0.562. The third-order valence-corrected chi connectivity index (χ3v) is 3.78. The number of hydrogen-bond donors (Lipinski definition) is 1. The summed E-state index contributed by atoms with van der Waals surface area (Å²) in [6.07, 6.45) is 5.32. The van der Waals surface area contributed by atoms with Gasteiger partial charge in [0, 0.05) is 25.4 Å². The molecule has 1 saturated heterocycles. The molecule has 1 aliphatic rings. The number of nitrogens with one attached hydrogen (secondary N) is 1. The molecule has 7 nitrogen and oxygen atoms in total. The molecule has 0 unspecified atom stereocenters. The predicted molar refractivity (Wildman–Crippen MR) is 87.4 cm³/mol. The van der Waals surface area contributed by atoms with Crippen LogP contribution in [0.4, 0.5) is 10.6 Å². The topological polar surface area (TPSA) is 71.8 Å². The molecule has 0 saturated carbocycles. The highest BCUT2D eigenvalue weighted by Gasteiger charge is 2.31. The second-order valence-electron chi connectivity index (χ2n) is 6.80. The van der Waals surface area contributed by atoms with Crippen molar-refractivity contribution in [3.63, 3.8) is 0 Å². The molecule has 23 heavy (non-hydrogen) atoms. The van der Waals surface area contributed by atoms with Crippen LogP contribution in [-0.2, 0) is 4.74 Å². The molecule has 0 radical (unpaired) electrons. The Morgan fingerprint density at radius 2 is 2.26 bits per heavy atom. The van der Waals surface area contributed by atoms with Crippen molar-refractivity contribution in [3.8, 4) is 0 Å². The van der Waals surface area contributed by atoms with Gasteiger partial charge in [-0.25, -0.2) is 14.3 Å².